The minimum absolute atomic E-state index is 0.0865. The van der Waals surface area contributed by atoms with E-state index in [4.69, 9.17) is 4.74 Å². The van der Waals surface area contributed by atoms with Gasteiger partial charge in [-0.2, -0.15) is 0 Å². The molecule has 3 rings (SSSR count). The Morgan fingerprint density at radius 3 is 2.58 bits per heavy atom. The SMILES string of the molecule is CCOC(=O)c1c(C[SH]2C=CC=C2)n(C)c2c(Br)c(Br)c(O)cc12. The molecule has 7 heteroatoms. The van der Waals surface area contributed by atoms with Crippen molar-refractivity contribution in [3.8, 4) is 5.75 Å². The second kappa shape index (κ2) is 6.98. The number of hydrogen-bond acceptors (Lipinski definition) is 3. The number of rotatable bonds is 4. The molecule has 0 atom stereocenters. The summed E-state index contributed by atoms with van der Waals surface area (Å²) in [5.74, 6) is 0.490. The number of carbonyl (C=O) groups is 1. The molecule has 0 aliphatic carbocycles. The summed E-state index contributed by atoms with van der Waals surface area (Å²) >= 11 is 6.91. The van der Waals surface area contributed by atoms with Crippen LogP contribution in [0.5, 0.6) is 5.75 Å². The van der Waals surface area contributed by atoms with Crippen molar-refractivity contribution in [3.05, 3.63) is 49.2 Å². The maximum absolute atomic E-state index is 12.6. The van der Waals surface area contributed by atoms with Crippen LogP contribution >= 0.6 is 42.8 Å². The number of aromatic hydroxyl groups is 1. The molecule has 0 unspecified atom stereocenters. The average Bonchev–Trinajstić information content (AvgIpc) is 3.13. The van der Waals surface area contributed by atoms with Crippen LogP contribution in [-0.4, -0.2) is 22.2 Å². The van der Waals surface area contributed by atoms with E-state index >= 15 is 0 Å². The summed E-state index contributed by atoms with van der Waals surface area (Å²) in [5.41, 5.74) is 2.32. The van der Waals surface area contributed by atoms with Gasteiger partial charge in [-0.15, -0.1) is 0 Å². The molecule has 1 N–H and O–H groups in total. The Morgan fingerprint density at radius 1 is 1.29 bits per heavy atom. The van der Waals surface area contributed by atoms with E-state index in [0.717, 1.165) is 21.4 Å². The van der Waals surface area contributed by atoms with Crippen LogP contribution in [-0.2, 0) is 17.5 Å². The topological polar surface area (TPSA) is 51.5 Å². The lowest BCUT2D eigenvalue weighted by molar-refractivity contribution is 0.0527. The lowest BCUT2D eigenvalue weighted by atomic mass is 10.1. The van der Waals surface area contributed by atoms with Crippen molar-refractivity contribution < 1.29 is 14.6 Å². The summed E-state index contributed by atoms with van der Waals surface area (Å²) in [4.78, 5) is 12.6. The van der Waals surface area contributed by atoms with Crippen LogP contribution in [0.15, 0.2) is 38.0 Å². The molecule has 24 heavy (non-hydrogen) atoms. The number of fused-ring (bicyclic) bond motifs is 1. The maximum Gasteiger partial charge on any atom is 0.340 e. The average molecular weight is 475 g/mol. The Morgan fingerprint density at radius 2 is 1.96 bits per heavy atom. The van der Waals surface area contributed by atoms with E-state index in [1.165, 1.54) is 0 Å². The van der Waals surface area contributed by atoms with Crippen molar-refractivity contribution >= 4 is 59.6 Å². The highest BCUT2D eigenvalue weighted by atomic mass is 79.9. The van der Waals surface area contributed by atoms with Gasteiger partial charge in [0.15, 0.2) is 0 Å². The minimum atomic E-state index is -0.429. The summed E-state index contributed by atoms with van der Waals surface area (Å²) in [6, 6.07) is 1.62. The number of carbonyl (C=O) groups excluding carboxylic acids is 1. The number of thiol groups is 1. The Balaban J connectivity index is 2.27. The van der Waals surface area contributed by atoms with Crippen molar-refractivity contribution in [1.82, 2.24) is 4.57 Å². The molecular formula is C17H17Br2NO3S. The van der Waals surface area contributed by atoms with Crippen molar-refractivity contribution in [2.24, 2.45) is 7.05 Å². The van der Waals surface area contributed by atoms with E-state index in [-0.39, 0.29) is 11.7 Å². The van der Waals surface area contributed by atoms with E-state index in [1.54, 1.807) is 13.0 Å². The summed E-state index contributed by atoms with van der Waals surface area (Å²) < 4.78 is 8.58. The summed E-state index contributed by atoms with van der Waals surface area (Å²) in [5, 5.41) is 15.2. The lowest BCUT2D eigenvalue weighted by Gasteiger charge is -2.13. The maximum atomic E-state index is 12.6. The van der Waals surface area contributed by atoms with Crippen molar-refractivity contribution in [3.63, 3.8) is 0 Å². The van der Waals surface area contributed by atoms with Crippen LogP contribution in [0.3, 0.4) is 0 Å². The Kier molecular flexibility index (Phi) is 5.13. The number of hydrogen-bond donors (Lipinski definition) is 2. The van der Waals surface area contributed by atoms with Gasteiger partial charge < -0.3 is 14.4 Å². The predicted octanol–water partition coefficient (Wildman–Crippen LogP) is 5.13. The first-order valence-electron chi connectivity index (χ1n) is 7.41. The third kappa shape index (κ3) is 2.93. The number of benzene rings is 1. The molecule has 0 spiro atoms. The molecule has 4 nitrogen and oxygen atoms in total. The van der Waals surface area contributed by atoms with Gasteiger partial charge in [-0.25, -0.2) is 15.7 Å². The number of phenolic OH excluding ortho intramolecular Hbond substituents is 1. The van der Waals surface area contributed by atoms with Crippen LogP contribution in [0.1, 0.15) is 23.0 Å². The van der Waals surface area contributed by atoms with Gasteiger partial charge in [0.1, 0.15) is 5.75 Å². The fourth-order valence-corrected chi connectivity index (χ4v) is 5.50. The Hall–Kier alpha value is -1.18. The summed E-state index contributed by atoms with van der Waals surface area (Å²) in [6.07, 6.45) is 4.08. The number of nitrogens with zero attached hydrogens (tertiary/aromatic N) is 1. The molecule has 2 aromatic rings. The highest BCUT2D eigenvalue weighted by Gasteiger charge is 2.26. The van der Waals surface area contributed by atoms with E-state index in [0.29, 0.717) is 22.0 Å². The number of ether oxygens (including phenoxy) is 1. The van der Waals surface area contributed by atoms with E-state index in [2.05, 4.69) is 42.7 Å². The van der Waals surface area contributed by atoms with E-state index in [1.807, 2.05) is 23.8 Å². The second-order valence-corrected chi connectivity index (χ2v) is 8.90. The molecule has 0 amide bonds. The molecule has 0 saturated carbocycles. The molecule has 1 aliphatic heterocycles. The number of esters is 1. The van der Waals surface area contributed by atoms with Gasteiger partial charge in [0.2, 0.25) is 0 Å². The zero-order valence-electron chi connectivity index (χ0n) is 13.2. The van der Waals surface area contributed by atoms with E-state index < -0.39 is 10.9 Å². The number of allylic oxidation sites excluding steroid dienone is 2. The van der Waals surface area contributed by atoms with Crippen LogP contribution < -0.4 is 0 Å². The van der Waals surface area contributed by atoms with Gasteiger partial charge in [-0.3, -0.25) is 0 Å². The zero-order chi connectivity index (χ0) is 17.4. The summed E-state index contributed by atoms with van der Waals surface area (Å²) in [6.45, 7) is 2.10. The van der Waals surface area contributed by atoms with Crippen LogP contribution in [0, 0.1) is 0 Å². The number of phenols is 1. The normalized spacial score (nSPS) is 14.8. The first-order chi connectivity index (χ1) is 11.5. The largest absolute Gasteiger partial charge is 0.507 e. The number of aromatic nitrogens is 1. The fourth-order valence-electron chi connectivity index (χ4n) is 2.84. The smallest absolute Gasteiger partial charge is 0.340 e. The molecule has 0 fully saturated rings. The lowest BCUT2D eigenvalue weighted by Crippen LogP contribution is -2.08. The zero-order valence-corrected chi connectivity index (χ0v) is 17.3. The third-order valence-electron chi connectivity index (χ3n) is 3.94. The van der Waals surface area contributed by atoms with Gasteiger partial charge in [-0.05, 0) is 55.7 Å². The van der Waals surface area contributed by atoms with Gasteiger partial charge in [0.25, 0.3) is 0 Å². The molecule has 0 saturated heterocycles. The predicted molar refractivity (Wildman–Crippen MR) is 107 cm³/mol. The van der Waals surface area contributed by atoms with Crippen molar-refractivity contribution in [2.75, 3.05) is 6.61 Å². The molecule has 0 radical (unpaired) electrons. The van der Waals surface area contributed by atoms with Crippen LogP contribution in [0.2, 0.25) is 0 Å². The van der Waals surface area contributed by atoms with Crippen molar-refractivity contribution in [2.45, 2.75) is 12.7 Å². The molecule has 0 bridgehead atoms. The number of halogens is 2. The first kappa shape index (κ1) is 17.6. The van der Waals surface area contributed by atoms with Crippen LogP contribution in [0.25, 0.3) is 10.9 Å². The van der Waals surface area contributed by atoms with E-state index in [9.17, 15) is 9.90 Å². The number of aryl methyl sites for hydroxylation is 1. The highest BCUT2D eigenvalue weighted by molar-refractivity contribution is 9.13. The van der Waals surface area contributed by atoms with Gasteiger partial charge in [0, 0.05) is 23.9 Å². The quantitative estimate of drug-likeness (QED) is 0.477. The Labute approximate surface area is 159 Å². The molecule has 1 aliphatic rings. The van der Waals surface area contributed by atoms with Crippen LogP contribution in [0.4, 0.5) is 0 Å². The molecule has 1 aromatic heterocycles. The Bertz CT molecular complexity index is 874. The summed E-state index contributed by atoms with van der Waals surface area (Å²) in [7, 11) is 1.51. The van der Waals surface area contributed by atoms with Gasteiger partial charge >= 0.3 is 5.97 Å². The standard InChI is InChI=1S/C17H17Br2NO3S/c1-3-23-17(22)13-10-8-12(21)14(18)15(19)16(10)20(2)11(13)9-24-6-4-5-7-24/h4-8,21,24H,3,9H2,1-2H3. The second-order valence-electron chi connectivity index (χ2n) is 5.38. The van der Waals surface area contributed by atoms with Crippen molar-refractivity contribution in [1.29, 1.82) is 0 Å². The molecule has 1 aromatic carbocycles. The highest BCUT2D eigenvalue weighted by Crippen LogP contribution is 2.44. The fraction of sp³-hybridized carbons (Fsp3) is 0.235. The molecule has 128 valence electrons. The molecular weight excluding hydrogens is 458 g/mol. The van der Waals surface area contributed by atoms with Gasteiger partial charge in [0.05, 0.1) is 26.6 Å². The minimum Gasteiger partial charge on any atom is -0.507 e. The van der Waals surface area contributed by atoms with Gasteiger partial charge in [-0.1, -0.05) is 12.2 Å². The molecule has 2 heterocycles. The first-order valence-corrected chi connectivity index (χ1v) is 10.7. The third-order valence-corrected chi connectivity index (χ3v) is 7.82. The monoisotopic (exact) mass is 473 g/mol.